The number of ether oxygens (including phenoxy) is 1. The molecule has 3 N–H and O–H groups in total. The fourth-order valence-corrected chi connectivity index (χ4v) is 4.26. The van der Waals surface area contributed by atoms with Gasteiger partial charge in [0.05, 0.1) is 17.5 Å². The Hall–Kier alpha value is -4.01. The van der Waals surface area contributed by atoms with Crippen LogP contribution in [0.15, 0.2) is 48.7 Å². The lowest BCUT2D eigenvalue weighted by atomic mass is 9.85. The van der Waals surface area contributed by atoms with Crippen molar-refractivity contribution in [1.82, 2.24) is 20.3 Å². The van der Waals surface area contributed by atoms with E-state index in [2.05, 4.69) is 20.3 Å². The third-order valence-electron chi connectivity index (χ3n) is 6.10. The topological polar surface area (TPSA) is 135 Å². The van der Waals surface area contributed by atoms with Crippen LogP contribution in [-0.2, 0) is 11.2 Å². The van der Waals surface area contributed by atoms with Gasteiger partial charge in [-0.3, -0.25) is 14.6 Å². The molecule has 35 heavy (non-hydrogen) atoms. The number of aromatic nitrogens is 3. The first-order valence-corrected chi connectivity index (χ1v) is 11.6. The molecule has 2 aromatic heterocycles. The van der Waals surface area contributed by atoms with E-state index in [9.17, 15) is 14.7 Å². The Morgan fingerprint density at radius 1 is 1.06 bits per heavy atom. The van der Waals surface area contributed by atoms with Crippen LogP contribution >= 0.6 is 0 Å². The van der Waals surface area contributed by atoms with E-state index in [1.807, 2.05) is 42.5 Å². The molecule has 9 heteroatoms. The van der Waals surface area contributed by atoms with Crippen molar-refractivity contribution >= 4 is 11.9 Å². The van der Waals surface area contributed by atoms with E-state index in [0.717, 1.165) is 42.7 Å². The number of nitrogens with one attached hydrogen (secondary N) is 1. The van der Waals surface area contributed by atoms with E-state index < -0.39 is 18.4 Å². The standard InChI is InChI=1S/C26H28N4O5/c1-16-25(33)24(26(34)28-15-23(31)32)30-22(29-16)14-17-5-9-19(10-6-17)35-20-11-7-18(8-12-20)21-4-2-3-13-27-21/h2-4,7-8,11-13,17,19,33H,5-6,9-10,14-15H2,1H3,(H,28,34)(H,31,32). The summed E-state index contributed by atoms with van der Waals surface area (Å²) in [4.78, 5) is 35.9. The van der Waals surface area contributed by atoms with Gasteiger partial charge in [0.1, 0.15) is 18.1 Å². The van der Waals surface area contributed by atoms with Crippen molar-refractivity contribution in [3.8, 4) is 22.8 Å². The number of hydrogen-bond acceptors (Lipinski definition) is 7. The summed E-state index contributed by atoms with van der Waals surface area (Å²) in [5.74, 6) is -0.601. The normalized spacial score (nSPS) is 17.5. The highest BCUT2D eigenvalue weighted by Gasteiger charge is 2.25. The van der Waals surface area contributed by atoms with Crippen molar-refractivity contribution in [2.24, 2.45) is 5.92 Å². The Balaban J connectivity index is 1.31. The number of aromatic hydroxyl groups is 1. The number of aliphatic carboxylic acids is 1. The number of carboxylic acids is 1. The van der Waals surface area contributed by atoms with Crippen LogP contribution < -0.4 is 10.1 Å². The minimum atomic E-state index is -1.17. The molecule has 1 amide bonds. The van der Waals surface area contributed by atoms with E-state index in [1.165, 1.54) is 0 Å². The summed E-state index contributed by atoms with van der Waals surface area (Å²) in [5.41, 5.74) is 2.07. The third-order valence-corrected chi connectivity index (χ3v) is 6.10. The quantitative estimate of drug-likeness (QED) is 0.449. The summed E-state index contributed by atoms with van der Waals surface area (Å²) < 4.78 is 6.19. The van der Waals surface area contributed by atoms with Gasteiger partial charge in [-0.15, -0.1) is 0 Å². The molecule has 0 saturated heterocycles. The Labute approximate surface area is 203 Å². The van der Waals surface area contributed by atoms with E-state index in [4.69, 9.17) is 9.84 Å². The second kappa shape index (κ2) is 10.9. The molecular weight excluding hydrogens is 448 g/mol. The zero-order valence-electron chi connectivity index (χ0n) is 19.5. The first-order valence-electron chi connectivity index (χ1n) is 11.6. The molecule has 1 aliphatic carbocycles. The van der Waals surface area contributed by atoms with Gasteiger partial charge in [0.25, 0.3) is 5.91 Å². The Bertz CT molecular complexity index is 1180. The average molecular weight is 477 g/mol. The summed E-state index contributed by atoms with van der Waals surface area (Å²) >= 11 is 0. The monoisotopic (exact) mass is 476 g/mol. The highest BCUT2D eigenvalue weighted by molar-refractivity contribution is 5.96. The van der Waals surface area contributed by atoms with Crippen LogP contribution in [0.25, 0.3) is 11.3 Å². The predicted octanol–water partition coefficient (Wildman–Crippen LogP) is 3.55. The van der Waals surface area contributed by atoms with Gasteiger partial charge in [0.2, 0.25) is 0 Å². The molecule has 9 nitrogen and oxygen atoms in total. The zero-order valence-corrected chi connectivity index (χ0v) is 19.5. The molecule has 0 atom stereocenters. The summed E-state index contributed by atoms with van der Waals surface area (Å²) in [6.07, 6.45) is 6.14. The number of nitrogens with zero attached hydrogens (tertiary/aromatic N) is 3. The lowest BCUT2D eigenvalue weighted by Gasteiger charge is -2.28. The fourth-order valence-electron chi connectivity index (χ4n) is 4.26. The second-order valence-electron chi connectivity index (χ2n) is 8.70. The van der Waals surface area contributed by atoms with Crippen LogP contribution in [0.5, 0.6) is 11.5 Å². The average Bonchev–Trinajstić information content (AvgIpc) is 2.87. The summed E-state index contributed by atoms with van der Waals surface area (Å²) in [6.45, 7) is 1.05. The van der Waals surface area contributed by atoms with Gasteiger partial charge in [0, 0.05) is 18.2 Å². The second-order valence-corrected chi connectivity index (χ2v) is 8.70. The number of amides is 1. The number of hydrogen-bond donors (Lipinski definition) is 3. The van der Waals surface area contributed by atoms with Gasteiger partial charge in [-0.25, -0.2) is 9.97 Å². The number of carboxylic acid groups (broad SMARTS) is 1. The summed E-state index contributed by atoms with van der Waals surface area (Å²) in [5, 5.41) is 21.2. The highest BCUT2D eigenvalue weighted by atomic mass is 16.5. The maximum Gasteiger partial charge on any atom is 0.322 e. The SMILES string of the molecule is Cc1nc(CC2CCC(Oc3ccc(-c4ccccn4)cc3)CC2)nc(C(=O)NCC(=O)O)c1O. The lowest BCUT2D eigenvalue weighted by Crippen LogP contribution is -2.30. The lowest BCUT2D eigenvalue weighted by molar-refractivity contribution is -0.135. The van der Waals surface area contributed by atoms with E-state index in [-0.39, 0.29) is 17.5 Å². The zero-order chi connectivity index (χ0) is 24.8. The molecule has 0 radical (unpaired) electrons. The molecule has 2 heterocycles. The molecule has 0 aliphatic heterocycles. The van der Waals surface area contributed by atoms with Crippen LogP contribution in [0.1, 0.15) is 47.7 Å². The molecule has 0 spiro atoms. The molecule has 1 aliphatic rings. The largest absolute Gasteiger partial charge is 0.504 e. The molecule has 1 aromatic carbocycles. The van der Waals surface area contributed by atoms with Gasteiger partial charge in [0.15, 0.2) is 11.4 Å². The molecule has 1 saturated carbocycles. The van der Waals surface area contributed by atoms with Gasteiger partial charge in [-0.1, -0.05) is 6.07 Å². The van der Waals surface area contributed by atoms with Crippen molar-refractivity contribution in [1.29, 1.82) is 0 Å². The van der Waals surface area contributed by atoms with E-state index >= 15 is 0 Å². The van der Waals surface area contributed by atoms with E-state index in [1.54, 1.807) is 13.1 Å². The third kappa shape index (κ3) is 6.32. The maximum atomic E-state index is 12.2. The highest BCUT2D eigenvalue weighted by Crippen LogP contribution is 2.31. The molecule has 3 aromatic rings. The minimum absolute atomic E-state index is 0.131. The number of benzene rings is 1. The van der Waals surface area contributed by atoms with Crippen molar-refractivity contribution in [3.05, 3.63) is 65.9 Å². The fraction of sp³-hybridized carbons (Fsp3) is 0.346. The van der Waals surface area contributed by atoms with Crippen molar-refractivity contribution in [2.45, 2.75) is 45.1 Å². The molecule has 0 unspecified atom stereocenters. The Morgan fingerprint density at radius 2 is 1.80 bits per heavy atom. The van der Waals surface area contributed by atoms with Crippen LogP contribution in [-0.4, -0.2) is 49.7 Å². The number of pyridine rings is 1. The number of carbonyl (C=O) groups excluding carboxylic acids is 1. The first-order chi connectivity index (χ1) is 16.9. The van der Waals surface area contributed by atoms with Crippen LogP contribution in [0.4, 0.5) is 0 Å². The maximum absolute atomic E-state index is 12.2. The smallest absolute Gasteiger partial charge is 0.322 e. The van der Waals surface area contributed by atoms with Crippen LogP contribution in [0.3, 0.4) is 0 Å². The van der Waals surface area contributed by atoms with Crippen molar-refractivity contribution in [2.75, 3.05) is 6.54 Å². The van der Waals surface area contributed by atoms with Gasteiger partial charge in [-0.05, 0) is 74.9 Å². The molecule has 4 rings (SSSR count). The van der Waals surface area contributed by atoms with Gasteiger partial charge < -0.3 is 20.3 Å². The number of carbonyl (C=O) groups is 2. The summed E-state index contributed by atoms with van der Waals surface area (Å²) in [7, 11) is 0. The number of aryl methyl sites for hydroxylation is 1. The van der Waals surface area contributed by atoms with Gasteiger partial charge >= 0.3 is 5.97 Å². The molecule has 0 bridgehead atoms. The molecular formula is C26H28N4O5. The van der Waals surface area contributed by atoms with Crippen LogP contribution in [0, 0.1) is 12.8 Å². The Kier molecular flexibility index (Phi) is 7.54. The molecule has 182 valence electrons. The van der Waals surface area contributed by atoms with Crippen molar-refractivity contribution < 1.29 is 24.5 Å². The van der Waals surface area contributed by atoms with E-state index in [0.29, 0.717) is 23.9 Å². The first kappa shape index (κ1) is 24.1. The number of rotatable bonds is 8. The Morgan fingerprint density at radius 3 is 2.46 bits per heavy atom. The van der Waals surface area contributed by atoms with Crippen LogP contribution in [0.2, 0.25) is 0 Å². The molecule has 1 fully saturated rings. The van der Waals surface area contributed by atoms with Crippen molar-refractivity contribution in [3.63, 3.8) is 0 Å². The minimum Gasteiger partial charge on any atom is -0.504 e. The predicted molar refractivity (Wildman–Crippen MR) is 128 cm³/mol. The summed E-state index contributed by atoms with van der Waals surface area (Å²) in [6, 6.07) is 13.8. The van der Waals surface area contributed by atoms with Gasteiger partial charge in [-0.2, -0.15) is 0 Å².